The summed E-state index contributed by atoms with van der Waals surface area (Å²) in [6.07, 6.45) is -4.16. The summed E-state index contributed by atoms with van der Waals surface area (Å²) >= 11 is 0. The van der Waals surface area contributed by atoms with Crippen molar-refractivity contribution in [1.82, 2.24) is 0 Å². The van der Waals surface area contributed by atoms with Crippen LogP contribution in [0.3, 0.4) is 0 Å². The highest BCUT2D eigenvalue weighted by Gasteiger charge is 2.34. The van der Waals surface area contributed by atoms with Gasteiger partial charge in [-0.25, -0.2) is 0 Å². The standard InChI is InChI=1S/C13H17F3O2/c1-12(17,7-8-18-2)9-10-5-3-4-6-11(10)13(14,15)16/h3-6,17H,7-9H2,1-2H3. The van der Waals surface area contributed by atoms with Gasteiger partial charge in [-0.2, -0.15) is 13.2 Å². The summed E-state index contributed by atoms with van der Waals surface area (Å²) in [6.45, 7) is 1.82. The molecule has 1 aromatic rings. The van der Waals surface area contributed by atoms with E-state index in [1.54, 1.807) is 0 Å². The van der Waals surface area contributed by atoms with Crippen LogP contribution >= 0.6 is 0 Å². The lowest BCUT2D eigenvalue weighted by Crippen LogP contribution is -2.30. The first-order valence-electron chi connectivity index (χ1n) is 5.63. The number of rotatable bonds is 5. The van der Waals surface area contributed by atoms with Gasteiger partial charge in [0.15, 0.2) is 0 Å². The van der Waals surface area contributed by atoms with Crippen LogP contribution in [0.2, 0.25) is 0 Å². The molecule has 0 saturated heterocycles. The molecule has 0 aliphatic heterocycles. The second-order valence-corrected chi connectivity index (χ2v) is 4.57. The third kappa shape index (κ3) is 4.31. The third-order valence-corrected chi connectivity index (χ3v) is 2.74. The van der Waals surface area contributed by atoms with E-state index >= 15 is 0 Å². The van der Waals surface area contributed by atoms with Gasteiger partial charge in [0.25, 0.3) is 0 Å². The van der Waals surface area contributed by atoms with Gasteiger partial charge in [-0.1, -0.05) is 18.2 Å². The van der Waals surface area contributed by atoms with Crippen LogP contribution in [0.4, 0.5) is 13.2 Å². The molecular formula is C13H17F3O2. The minimum absolute atomic E-state index is 0.0496. The van der Waals surface area contributed by atoms with E-state index in [1.807, 2.05) is 0 Å². The van der Waals surface area contributed by atoms with Crippen molar-refractivity contribution in [3.8, 4) is 0 Å². The lowest BCUT2D eigenvalue weighted by molar-refractivity contribution is -0.138. The molecule has 0 aliphatic carbocycles. The molecule has 1 N–H and O–H groups in total. The zero-order chi connectivity index (χ0) is 13.8. The molecule has 1 atom stereocenters. The van der Waals surface area contributed by atoms with Crippen molar-refractivity contribution in [2.24, 2.45) is 0 Å². The molecule has 0 saturated carbocycles. The summed E-state index contributed by atoms with van der Waals surface area (Å²) in [4.78, 5) is 0. The second kappa shape index (κ2) is 5.71. The summed E-state index contributed by atoms with van der Waals surface area (Å²) in [7, 11) is 1.49. The maximum atomic E-state index is 12.8. The zero-order valence-electron chi connectivity index (χ0n) is 10.4. The lowest BCUT2D eigenvalue weighted by Gasteiger charge is -2.24. The Morgan fingerprint density at radius 2 is 1.83 bits per heavy atom. The van der Waals surface area contributed by atoms with Crippen molar-refractivity contribution < 1.29 is 23.0 Å². The Balaban J connectivity index is 2.91. The van der Waals surface area contributed by atoms with Crippen molar-refractivity contribution >= 4 is 0 Å². The van der Waals surface area contributed by atoms with E-state index in [9.17, 15) is 18.3 Å². The van der Waals surface area contributed by atoms with Crippen molar-refractivity contribution in [2.75, 3.05) is 13.7 Å². The van der Waals surface area contributed by atoms with Gasteiger partial charge >= 0.3 is 6.18 Å². The van der Waals surface area contributed by atoms with Gasteiger partial charge in [-0.15, -0.1) is 0 Å². The molecular weight excluding hydrogens is 245 g/mol. The van der Waals surface area contributed by atoms with Crippen molar-refractivity contribution in [1.29, 1.82) is 0 Å². The van der Waals surface area contributed by atoms with Crippen LogP contribution in [0.15, 0.2) is 24.3 Å². The van der Waals surface area contributed by atoms with Gasteiger partial charge in [0.2, 0.25) is 0 Å². The maximum Gasteiger partial charge on any atom is 0.416 e. The molecule has 0 spiro atoms. The SMILES string of the molecule is COCCC(C)(O)Cc1ccccc1C(F)(F)F. The minimum atomic E-state index is -4.39. The Labute approximate surface area is 104 Å². The van der Waals surface area contributed by atoms with E-state index in [4.69, 9.17) is 4.74 Å². The maximum absolute atomic E-state index is 12.8. The minimum Gasteiger partial charge on any atom is -0.390 e. The van der Waals surface area contributed by atoms with E-state index in [0.29, 0.717) is 6.61 Å². The Hall–Kier alpha value is -1.07. The molecule has 1 unspecified atom stereocenters. The normalized spacial score (nSPS) is 15.4. The molecule has 0 radical (unpaired) electrons. The van der Waals surface area contributed by atoms with Gasteiger partial charge in [0.05, 0.1) is 11.2 Å². The number of aliphatic hydroxyl groups is 1. The fourth-order valence-electron chi connectivity index (χ4n) is 1.77. The Morgan fingerprint density at radius 3 is 2.39 bits per heavy atom. The monoisotopic (exact) mass is 262 g/mol. The molecule has 0 bridgehead atoms. The highest BCUT2D eigenvalue weighted by atomic mass is 19.4. The van der Waals surface area contributed by atoms with Crippen LogP contribution in [-0.4, -0.2) is 24.4 Å². The number of methoxy groups -OCH3 is 1. The van der Waals surface area contributed by atoms with Crippen LogP contribution in [0, 0.1) is 0 Å². The first-order chi connectivity index (χ1) is 8.26. The molecule has 0 aliphatic rings. The fraction of sp³-hybridized carbons (Fsp3) is 0.538. The molecule has 0 fully saturated rings. The van der Waals surface area contributed by atoms with E-state index in [1.165, 1.54) is 32.2 Å². The van der Waals surface area contributed by atoms with Gasteiger partial charge in [0, 0.05) is 20.1 Å². The molecule has 102 valence electrons. The average Bonchev–Trinajstić information content (AvgIpc) is 2.25. The van der Waals surface area contributed by atoms with E-state index < -0.39 is 17.3 Å². The van der Waals surface area contributed by atoms with Crippen LogP contribution in [0.1, 0.15) is 24.5 Å². The summed E-state index contributed by atoms with van der Waals surface area (Å²) in [5.74, 6) is 0. The molecule has 18 heavy (non-hydrogen) atoms. The summed E-state index contributed by atoms with van der Waals surface area (Å²) < 4.78 is 43.1. The number of halogens is 3. The lowest BCUT2D eigenvalue weighted by atomic mass is 9.91. The number of alkyl halides is 3. The number of ether oxygens (including phenoxy) is 1. The molecule has 0 amide bonds. The molecule has 0 heterocycles. The number of hydrogen-bond donors (Lipinski definition) is 1. The quantitative estimate of drug-likeness (QED) is 0.883. The van der Waals surface area contributed by atoms with Crippen LogP contribution in [0.5, 0.6) is 0 Å². The van der Waals surface area contributed by atoms with Crippen molar-refractivity contribution in [2.45, 2.75) is 31.5 Å². The van der Waals surface area contributed by atoms with Gasteiger partial charge in [-0.3, -0.25) is 0 Å². The number of hydrogen-bond acceptors (Lipinski definition) is 2. The highest BCUT2D eigenvalue weighted by Crippen LogP contribution is 2.33. The van der Waals surface area contributed by atoms with E-state index in [2.05, 4.69) is 0 Å². The molecule has 0 aromatic heterocycles. The van der Waals surface area contributed by atoms with Gasteiger partial charge in [0.1, 0.15) is 0 Å². The van der Waals surface area contributed by atoms with Crippen LogP contribution in [0.25, 0.3) is 0 Å². The highest BCUT2D eigenvalue weighted by molar-refractivity contribution is 5.30. The van der Waals surface area contributed by atoms with Crippen molar-refractivity contribution in [3.63, 3.8) is 0 Å². The first kappa shape index (κ1) is 15.0. The van der Waals surface area contributed by atoms with E-state index in [-0.39, 0.29) is 18.4 Å². The predicted octanol–water partition coefficient (Wildman–Crippen LogP) is 3.04. The molecule has 1 rings (SSSR count). The number of benzene rings is 1. The van der Waals surface area contributed by atoms with Crippen LogP contribution < -0.4 is 0 Å². The van der Waals surface area contributed by atoms with Crippen molar-refractivity contribution in [3.05, 3.63) is 35.4 Å². The topological polar surface area (TPSA) is 29.5 Å². The molecule has 1 aromatic carbocycles. The van der Waals surface area contributed by atoms with Gasteiger partial charge < -0.3 is 9.84 Å². The molecule has 2 nitrogen and oxygen atoms in total. The predicted molar refractivity (Wildman–Crippen MR) is 62.3 cm³/mol. The molecule has 5 heteroatoms. The largest absolute Gasteiger partial charge is 0.416 e. The van der Waals surface area contributed by atoms with Gasteiger partial charge in [-0.05, 0) is 25.0 Å². The Bertz CT molecular complexity index is 386. The average molecular weight is 262 g/mol. The second-order valence-electron chi connectivity index (χ2n) is 4.57. The zero-order valence-corrected chi connectivity index (χ0v) is 10.4. The summed E-state index contributed by atoms with van der Waals surface area (Å²) in [5.41, 5.74) is -1.80. The summed E-state index contributed by atoms with van der Waals surface area (Å²) in [6, 6.07) is 5.30. The fourth-order valence-corrected chi connectivity index (χ4v) is 1.77. The first-order valence-corrected chi connectivity index (χ1v) is 5.63. The Morgan fingerprint density at radius 1 is 1.22 bits per heavy atom. The Kier molecular flexibility index (Phi) is 4.76. The summed E-state index contributed by atoms with van der Waals surface area (Å²) in [5, 5.41) is 10.0. The van der Waals surface area contributed by atoms with Crippen LogP contribution in [-0.2, 0) is 17.3 Å². The smallest absolute Gasteiger partial charge is 0.390 e. The third-order valence-electron chi connectivity index (χ3n) is 2.74. The van der Waals surface area contributed by atoms with E-state index in [0.717, 1.165) is 6.07 Å².